The van der Waals surface area contributed by atoms with Gasteiger partial charge in [-0.3, -0.25) is 0 Å². The van der Waals surface area contributed by atoms with Crippen molar-refractivity contribution in [3.63, 3.8) is 0 Å². The van der Waals surface area contributed by atoms with Crippen molar-refractivity contribution in [3.8, 4) is 0 Å². The molecule has 0 unspecified atom stereocenters. The molecule has 0 atom stereocenters. The second-order valence-electron chi connectivity index (χ2n) is 2.62. The van der Waals surface area contributed by atoms with Crippen LogP contribution in [-0.4, -0.2) is 40.9 Å². The van der Waals surface area contributed by atoms with Gasteiger partial charge in [0.1, 0.15) is 5.83 Å². The summed E-state index contributed by atoms with van der Waals surface area (Å²) in [5.41, 5.74) is 0.313. The second kappa shape index (κ2) is 3.53. The van der Waals surface area contributed by atoms with E-state index in [1.807, 2.05) is 0 Å². The van der Waals surface area contributed by atoms with Crippen LogP contribution in [0.15, 0.2) is 11.4 Å². The zero-order valence-corrected chi connectivity index (χ0v) is 6.46. The molecule has 4 nitrogen and oxygen atoms in total. The van der Waals surface area contributed by atoms with Crippen LogP contribution in [0, 0.1) is 0 Å². The molecule has 0 saturated carbocycles. The maximum Gasteiger partial charge on any atom is 0.407 e. The number of aliphatic hydroxyl groups is 1. The Morgan fingerprint density at radius 2 is 2.33 bits per heavy atom. The maximum absolute atomic E-state index is 12.9. The number of carboxylic acid groups (broad SMARTS) is 1. The molecule has 1 amide bonds. The van der Waals surface area contributed by atoms with E-state index in [1.165, 1.54) is 0 Å². The Labute approximate surface area is 68.9 Å². The van der Waals surface area contributed by atoms with Crippen molar-refractivity contribution in [1.29, 1.82) is 0 Å². The molecule has 68 valence electrons. The summed E-state index contributed by atoms with van der Waals surface area (Å²) in [5.74, 6) is -0.522. The van der Waals surface area contributed by atoms with Gasteiger partial charge in [0.25, 0.3) is 0 Å². The van der Waals surface area contributed by atoms with Crippen LogP contribution in [0.3, 0.4) is 0 Å². The van der Waals surface area contributed by atoms with E-state index in [9.17, 15) is 9.18 Å². The number of nitrogens with zero attached hydrogens (tertiary/aromatic N) is 1. The van der Waals surface area contributed by atoms with E-state index in [4.69, 9.17) is 10.2 Å². The van der Waals surface area contributed by atoms with E-state index in [-0.39, 0.29) is 26.1 Å². The Kier molecular flexibility index (Phi) is 2.65. The molecule has 0 aromatic heterocycles. The van der Waals surface area contributed by atoms with Crippen LogP contribution in [0.2, 0.25) is 0 Å². The minimum atomic E-state index is -1.12. The number of carbonyl (C=O) groups is 1. The molecule has 0 radical (unpaired) electrons. The van der Waals surface area contributed by atoms with Crippen molar-refractivity contribution in [2.45, 2.75) is 6.42 Å². The molecule has 1 heterocycles. The van der Waals surface area contributed by atoms with Gasteiger partial charge in [-0.05, 0) is 12.0 Å². The van der Waals surface area contributed by atoms with Gasteiger partial charge in [0.15, 0.2) is 0 Å². The molecule has 1 aliphatic heterocycles. The summed E-state index contributed by atoms with van der Waals surface area (Å²) >= 11 is 0. The van der Waals surface area contributed by atoms with E-state index in [0.29, 0.717) is 5.57 Å². The predicted octanol–water partition coefficient (Wildman–Crippen LogP) is 0.586. The highest BCUT2D eigenvalue weighted by Crippen LogP contribution is 2.18. The Balaban J connectivity index is 2.65. The Morgan fingerprint density at radius 3 is 2.75 bits per heavy atom. The van der Waals surface area contributed by atoms with Crippen molar-refractivity contribution in [2.24, 2.45) is 0 Å². The molecule has 1 aliphatic rings. The number of halogens is 1. The maximum atomic E-state index is 12.9. The average molecular weight is 175 g/mol. The summed E-state index contributed by atoms with van der Waals surface area (Å²) in [6.07, 6.45) is -0.837. The largest absolute Gasteiger partial charge is 0.465 e. The molecular weight excluding hydrogens is 165 g/mol. The highest BCUT2D eigenvalue weighted by Gasteiger charge is 2.21. The third kappa shape index (κ3) is 1.73. The average Bonchev–Trinajstić information content (AvgIpc) is 2.04. The number of amides is 1. The van der Waals surface area contributed by atoms with Gasteiger partial charge in [0, 0.05) is 6.54 Å². The van der Waals surface area contributed by atoms with Gasteiger partial charge in [-0.1, -0.05) is 0 Å². The SMILES string of the molecule is O=C(O)N1CCC(CO)=C(F)C1. The van der Waals surface area contributed by atoms with Gasteiger partial charge >= 0.3 is 6.09 Å². The fourth-order valence-corrected chi connectivity index (χ4v) is 1.09. The smallest absolute Gasteiger partial charge is 0.407 e. The van der Waals surface area contributed by atoms with Crippen LogP contribution in [0.4, 0.5) is 9.18 Å². The van der Waals surface area contributed by atoms with E-state index in [2.05, 4.69) is 0 Å². The molecule has 0 aromatic rings. The van der Waals surface area contributed by atoms with Crippen LogP contribution in [0.1, 0.15) is 6.42 Å². The first kappa shape index (κ1) is 8.99. The van der Waals surface area contributed by atoms with Crippen LogP contribution >= 0.6 is 0 Å². The molecule has 5 heteroatoms. The van der Waals surface area contributed by atoms with E-state index < -0.39 is 11.9 Å². The van der Waals surface area contributed by atoms with E-state index in [1.54, 1.807) is 0 Å². The lowest BCUT2D eigenvalue weighted by atomic mass is 10.1. The van der Waals surface area contributed by atoms with Crippen LogP contribution in [0.5, 0.6) is 0 Å². The second-order valence-corrected chi connectivity index (χ2v) is 2.62. The first-order chi connectivity index (χ1) is 5.65. The lowest BCUT2D eigenvalue weighted by Gasteiger charge is -2.24. The third-order valence-corrected chi connectivity index (χ3v) is 1.86. The van der Waals surface area contributed by atoms with Gasteiger partial charge in [-0.2, -0.15) is 0 Å². The normalized spacial score (nSPS) is 18.3. The van der Waals surface area contributed by atoms with E-state index >= 15 is 0 Å². The Hall–Kier alpha value is -1.10. The molecule has 1 rings (SSSR count). The molecule has 12 heavy (non-hydrogen) atoms. The molecule has 0 fully saturated rings. The zero-order valence-electron chi connectivity index (χ0n) is 6.46. The Bertz CT molecular complexity index is 227. The van der Waals surface area contributed by atoms with Crippen molar-refractivity contribution in [2.75, 3.05) is 19.7 Å². The van der Waals surface area contributed by atoms with Gasteiger partial charge in [0.05, 0.1) is 13.2 Å². The lowest BCUT2D eigenvalue weighted by Crippen LogP contribution is -2.35. The summed E-state index contributed by atoms with van der Waals surface area (Å²) in [7, 11) is 0. The van der Waals surface area contributed by atoms with Crippen LogP contribution in [0.25, 0.3) is 0 Å². The number of rotatable bonds is 1. The number of hydrogen-bond donors (Lipinski definition) is 2. The molecular formula is C7H10FNO3. The number of aliphatic hydroxyl groups excluding tert-OH is 1. The van der Waals surface area contributed by atoms with Gasteiger partial charge in [-0.25, -0.2) is 9.18 Å². The lowest BCUT2D eigenvalue weighted by molar-refractivity contribution is 0.142. The Morgan fingerprint density at radius 1 is 1.67 bits per heavy atom. The molecule has 0 bridgehead atoms. The third-order valence-electron chi connectivity index (χ3n) is 1.86. The predicted molar refractivity (Wildman–Crippen MR) is 39.4 cm³/mol. The monoisotopic (exact) mass is 175 g/mol. The summed E-state index contributed by atoms with van der Waals surface area (Å²) < 4.78 is 12.9. The molecule has 0 saturated heterocycles. The van der Waals surface area contributed by atoms with Gasteiger partial charge < -0.3 is 15.1 Å². The first-order valence-corrected chi connectivity index (χ1v) is 3.60. The number of hydrogen-bond acceptors (Lipinski definition) is 2. The topological polar surface area (TPSA) is 60.8 Å². The zero-order chi connectivity index (χ0) is 9.14. The first-order valence-electron chi connectivity index (χ1n) is 3.60. The molecule has 0 spiro atoms. The summed E-state index contributed by atoms with van der Waals surface area (Å²) in [4.78, 5) is 11.3. The van der Waals surface area contributed by atoms with Crippen molar-refractivity contribution in [1.82, 2.24) is 4.90 Å². The standard InChI is InChI=1S/C7H10FNO3/c8-6-3-9(7(11)12)2-1-5(6)4-10/h10H,1-4H2,(H,11,12). The molecule has 0 aliphatic carbocycles. The van der Waals surface area contributed by atoms with E-state index in [0.717, 1.165) is 4.90 Å². The molecule has 0 aromatic carbocycles. The minimum absolute atomic E-state index is 0.231. The van der Waals surface area contributed by atoms with Gasteiger partial charge in [-0.15, -0.1) is 0 Å². The fraction of sp³-hybridized carbons (Fsp3) is 0.571. The highest BCUT2D eigenvalue weighted by atomic mass is 19.1. The summed E-state index contributed by atoms with van der Waals surface area (Å²) in [6, 6.07) is 0. The van der Waals surface area contributed by atoms with Crippen molar-refractivity contribution in [3.05, 3.63) is 11.4 Å². The van der Waals surface area contributed by atoms with Crippen molar-refractivity contribution < 1.29 is 19.4 Å². The fourth-order valence-electron chi connectivity index (χ4n) is 1.09. The summed E-state index contributed by atoms with van der Waals surface area (Å²) in [6.45, 7) is -0.289. The molecule has 2 N–H and O–H groups in total. The highest BCUT2D eigenvalue weighted by molar-refractivity contribution is 5.65. The van der Waals surface area contributed by atoms with Crippen molar-refractivity contribution >= 4 is 6.09 Å². The van der Waals surface area contributed by atoms with Crippen LogP contribution < -0.4 is 0 Å². The quantitative estimate of drug-likeness (QED) is 0.613. The summed E-state index contributed by atoms with van der Waals surface area (Å²) in [5, 5.41) is 17.1. The van der Waals surface area contributed by atoms with Gasteiger partial charge in [0.2, 0.25) is 0 Å². The minimum Gasteiger partial charge on any atom is -0.465 e. The van der Waals surface area contributed by atoms with Crippen LogP contribution in [-0.2, 0) is 0 Å².